The van der Waals surface area contributed by atoms with Crippen molar-refractivity contribution in [2.24, 2.45) is 11.8 Å². The van der Waals surface area contributed by atoms with Gasteiger partial charge in [-0.1, -0.05) is 0 Å². The van der Waals surface area contributed by atoms with E-state index in [-0.39, 0.29) is 30.6 Å². The predicted molar refractivity (Wildman–Crippen MR) is 83.3 cm³/mol. The fraction of sp³-hybridized carbons (Fsp3) is 0.588. The minimum Gasteiger partial charge on any atom is -0.275 e. The molecule has 0 radical (unpaired) electrons. The lowest BCUT2D eigenvalue weighted by molar-refractivity contribution is -1.12. The lowest BCUT2D eigenvalue weighted by Gasteiger charge is -2.28. The lowest BCUT2D eigenvalue weighted by atomic mass is 9.80. The van der Waals surface area contributed by atoms with Crippen molar-refractivity contribution < 1.29 is 38.8 Å². The molecule has 2 aliphatic heterocycles. The normalized spacial score (nSPS) is 28.1. The van der Waals surface area contributed by atoms with Gasteiger partial charge in [-0.3, -0.25) is 14.5 Å². The summed E-state index contributed by atoms with van der Waals surface area (Å²) in [7, 11) is 0. The summed E-state index contributed by atoms with van der Waals surface area (Å²) in [5.74, 6) is -3.22. The van der Waals surface area contributed by atoms with Gasteiger partial charge in [-0.15, -0.1) is 0 Å². The highest BCUT2D eigenvalue weighted by Gasteiger charge is 2.56. The summed E-state index contributed by atoms with van der Waals surface area (Å²) in [4.78, 5) is 62.6. The Bertz CT molecular complexity index is 657. The Morgan fingerprint density at radius 2 is 1.58 bits per heavy atom. The molecule has 0 bridgehead atoms. The molecule has 0 aromatic carbocycles. The molecule has 0 spiro atoms. The van der Waals surface area contributed by atoms with Gasteiger partial charge in [-0.05, 0) is 38.0 Å². The van der Waals surface area contributed by atoms with Gasteiger partial charge in [0.1, 0.15) is 4.81 Å². The zero-order valence-electron chi connectivity index (χ0n) is 14.3. The zero-order valence-corrected chi connectivity index (χ0v) is 14.3. The monoisotopic (exact) mass is 365 g/mol. The summed E-state index contributed by atoms with van der Waals surface area (Å²) >= 11 is 0. The summed E-state index contributed by atoms with van der Waals surface area (Å²) in [5, 5.41) is 9.96. The molecule has 3 aliphatic rings. The summed E-state index contributed by atoms with van der Waals surface area (Å²) in [5.41, 5.74) is 0. The summed E-state index contributed by atoms with van der Waals surface area (Å²) in [6.07, 6.45) is 5.31. The number of imide groups is 2. The molecule has 140 valence electrons. The van der Waals surface area contributed by atoms with Crippen LogP contribution in [0.2, 0.25) is 0 Å². The Balaban J connectivity index is 1.45. The van der Waals surface area contributed by atoms with Crippen LogP contribution in [0.15, 0.2) is 12.2 Å². The Labute approximate surface area is 149 Å². The predicted octanol–water partition coefficient (Wildman–Crippen LogP) is 0.619. The van der Waals surface area contributed by atoms with Gasteiger partial charge in [-0.25, -0.2) is 19.2 Å². The number of carbonyl (C=O) groups is 5. The van der Waals surface area contributed by atoms with Crippen LogP contribution in [-0.2, 0) is 28.8 Å². The minimum atomic E-state index is -1.87. The number of amides is 4. The van der Waals surface area contributed by atoms with E-state index < -0.39 is 28.5 Å². The Morgan fingerprint density at radius 1 is 1.04 bits per heavy atom. The molecule has 0 aromatic heterocycles. The molecule has 1 N–H and O–H groups in total. The largest absolute Gasteiger partial charge is 0.397 e. The van der Waals surface area contributed by atoms with Gasteiger partial charge in [0.2, 0.25) is 0 Å². The van der Waals surface area contributed by atoms with Crippen molar-refractivity contribution in [3.63, 3.8) is 0 Å². The molecule has 1 aliphatic carbocycles. The first-order valence-corrected chi connectivity index (χ1v) is 8.77. The number of nitrogens with zero attached hydrogens (tertiary/aromatic N) is 2. The number of quaternary nitrogens is 1. The Kier molecular flexibility index (Phi) is 5.01. The van der Waals surface area contributed by atoms with Crippen LogP contribution in [-0.4, -0.2) is 51.1 Å². The van der Waals surface area contributed by atoms with Gasteiger partial charge in [0, 0.05) is 18.7 Å². The second kappa shape index (κ2) is 7.08. The van der Waals surface area contributed by atoms with Crippen molar-refractivity contribution in [2.75, 3.05) is 6.54 Å². The number of hydrogen-bond acceptors (Lipinski definition) is 7. The van der Waals surface area contributed by atoms with E-state index in [9.17, 15) is 29.2 Å². The molecular weight excluding hydrogens is 344 g/mol. The molecule has 4 amide bonds. The molecule has 2 fully saturated rings. The fourth-order valence-corrected chi connectivity index (χ4v) is 3.61. The van der Waals surface area contributed by atoms with Gasteiger partial charge >= 0.3 is 17.8 Å². The first kappa shape index (κ1) is 18.4. The maximum atomic E-state index is 12.2. The van der Waals surface area contributed by atoms with E-state index in [1.54, 1.807) is 0 Å². The van der Waals surface area contributed by atoms with Crippen molar-refractivity contribution in [1.29, 1.82) is 0 Å². The molecule has 26 heavy (non-hydrogen) atoms. The smallest absolute Gasteiger partial charge is 0.275 e. The van der Waals surface area contributed by atoms with Crippen molar-refractivity contribution in [2.45, 2.75) is 44.9 Å². The zero-order chi connectivity index (χ0) is 18.9. The fourth-order valence-electron chi connectivity index (χ4n) is 3.61. The third kappa shape index (κ3) is 3.45. The highest BCUT2D eigenvalue weighted by molar-refractivity contribution is 6.12. The topological polar surface area (TPSA) is 118 Å². The van der Waals surface area contributed by atoms with Crippen LogP contribution in [0.4, 0.5) is 0 Å². The first-order valence-electron chi connectivity index (χ1n) is 8.77. The molecule has 1 saturated heterocycles. The van der Waals surface area contributed by atoms with Gasteiger partial charge in [0.25, 0.3) is 11.8 Å². The van der Waals surface area contributed by atoms with Crippen LogP contribution in [0.5, 0.6) is 0 Å². The molecule has 0 aromatic rings. The second-order valence-electron chi connectivity index (χ2n) is 6.94. The molecule has 9 nitrogen and oxygen atoms in total. The van der Waals surface area contributed by atoms with Crippen molar-refractivity contribution in [3.05, 3.63) is 12.2 Å². The third-order valence-corrected chi connectivity index (χ3v) is 5.29. The van der Waals surface area contributed by atoms with Crippen LogP contribution < -0.4 is 0 Å². The quantitative estimate of drug-likeness (QED) is 0.431. The van der Waals surface area contributed by atoms with E-state index in [1.807, 2.05) is 0 Å². The second-order valence-corrected chi connectivity index (χ2v) is 6.94. The third-order valence-electron chi connectivity index (χ3n) is 5.29. The first-order chi connectivity index (χ1) is 12.3. The van der Waals surface area contributed by atoms with Gasteiger partial charge in [0.05, 0.1) is 18.8 Å². The molecule has 0 atom stereocenters. The van der Waals surface area contributed by atoms with Gasteiger partial charge < -0.3 is 0 Å². The van der Waals surface area contributed by atoms with E-state index in [1.165, 1.54) is 17.1 Å². The average Bonchev–Trinajstić information content (AvgIpc) is 3.07. The van der Waals surface area contributed by atoms with E-state index in [0.717, 1.165) is 0 Å². The van der Waals surface area contributed by atoms with Crippen molar-refractivity contribution in [3.8, 4) is 0 Å². The average molecular weight is 365 g/mol. The summed E-state index contributed by atoms with van der Waals surface area (Å²) in [6.45, 7) is 0.351. The molecule has 3 rings (SSSR count). The van der Waals surface area contributed by atoms with Crippen LogP contribution in [0.1, 0.15) is 44.9 Å². The van der Waals surface area contributed by atoms with E-state index in [4.69, 9.17) is 4.84 Å². The maximum Gasteiger partial charge on any atom is 0.397 e. The van der Waals surface area contributed by atoms with E-state index >= 15 is 0 Å². The Morgan fingerprint density at radius 3 is 2.12 bits per heavy atom. The van der Waals surface area contributed by atoms with Crippen LogP contribution in [0, 0.1) is 11.8 Å². The maximum absolute atomic E-state index is 12.2. The minimum absolute atomic E-state index is 0.141. The van der Waals surface area contributed by atoms with Gasteiger partial charge in [0.15, 0.2) is 0 Å². The number of hydrogen-bond donors (Lipinski definition) is 1. The number of carbonyl (C=O) groups excluding carboxylic acids is 5. The Hall–Kier alpha value is -2.39. The molecule has 0 unspecified atom stereocenters. The highest BCUT2D eigenvalue weighted by atomic mass is 17.0. The highest BCUT2D eigenvalue weighted by Crippen LogP contribution is 2.33. The standard InChI is InChI=1S/C17H21N2O7/c20-13-5-6-14(21)18(13)10-9-11-1-3-12(4-2-11)17(24)26-19(25)15(22)7-8-16(19)23/h5-6,11-12,25H,1-4,7-10H2/q+1. The number of rotatable bonds is 5. The van der Waals surface area contributed by atoms with E-state index in [0.29, 0.717) is 38.6 Å². The SMILES string of the molecule is O=C(O[N+]1(O)C(=O)CCC1=O)C1CCC(CCN2C(=O)C=CC2=O)CC1. The lowest BCUT2D eigenvalue weighted by Crippen LogP contribution is -2.51. The molecule has 2 heterocycles. The molecular formula is C17H21N2O7+. The van der Waals surface area contributed by atoms with Crippen LogP contribution in [0.25, 0.3) is 0 Å². The van der Waals surface area contributed by atoms with Crippen molar-refractivity contribution in [1.82, 2.24) is 4.90 Å². The molecule has 9 heteroatoms. The summed E-state index contributed by atoms with van der Waals surface area (Å²) < 4.78 is 0. The number of hydroxylamine groups is 4. The van der Waals surface area contributed by atoms with Crippen LogP contribution in [0.3, 0.4) is 0 Å². The molecule has 1 saturated carbocycles. The van der Waals surface area contributed by atoms with E-state index in [2.05, 4.69) is 0 Å². The summed E-state index contributed by atoms with van der Waals surface area (Å²) in [6, 6.07) is 0. The van der Waals surface area contributed by atoms with Crippen LogP contribution >= 0.6 is 0 Å². The van der Waals surface area contributed by atoms with Gasteiger partial charge in [-0.2, -0.15) is 5.21 Å². The van der Waals surface area contributed by atoms with Crippen molar-refractivity contribution >= 4 is 29.6 Å².